The molecule has 0 aromatic heterocycles. The van der Waals surface area contributed by atoms with E-state index in [2.05, 4.69) is 6.92 Å². The third-order valence-electron chi connectivity index (χ3n) is 6.66. The van der Waals surface area contributed by atoms with Gasteiger partial charge in [-0.3, -0.25) is 9.59 Å². The lowest BCUT2D eigenvalue weighted by molar-refractivity contribution is -0.155. The van der Waals surface area contributed by atoms with Gasteiger partial charge in [-0.1, -0.05) is 32.4 Å². The second kappa shape index (κ2) is 7.67. The lowest BCUT2D eigenvalue weighted by Crippen LogP contribution is -2.48. The Hall–Kier alpha value is -1.42. The zero-order valence-electron chi connectivity index (χ0n) is 17.1. The molecule has 4 atom stereocenters. The molecule has 2 aliphatic rings. The summed E-state index contributed by atoms with van der Waals surface area (Å²) in [4.78, 5) is 24.6. The minimum absolute atomic E-state index is 0.0274. The highest BCUT2D eigenvalue weighted by Crippen LogP contribution is 2.56. The number of rotatable bonds is 2. The highest BCUT2D eigenvalue weighted by Gasteiger charge is 2.59. The molecule has 0 aliphatic heterocycles. The van der Waals surface area contributed by atoms with Gasteiger partial charge in [0.05, 0.1) is 5.60 Å². The molecule has 1 saturated carbocycles. The van der Waals surface area contributed by atoms with E-state index >= 15 is 0 Å². The summed E-state index contributed by atoms with van der Waals surface area (Å²) >= 11 is 0. The zero-order valence-corrected chi connectivity index (χ0v) is 17.1. The number of ether oxygens (including phenoxy) is 1. The summed E-state index contributed by atoms with van der Waals surface area (Å²) < 4.78 is 5.73. The predicted molar refractivity (Wildman–Crippen MR) is 103 cm³/mol. The molecule has 26 heavy (non-hydrogen) atoms. The number of fused-ring (bicyclic) bond motifs is 1. The maximum atomic E-state index is 12.8. The largest absolute Gasteiger partial charge is 0.458 e. The summed E-state index contributed by atoms with van der Waals surface area (Å²) in [6.07, 6.45) is 6.87. The summed E-state index contributed by atoms with van der Waals surface area (Å²) in [5.74, 6) is -0.463. The van der Waals surface area contributed by atoms with Gasteiger partial charge in [0.25, 0.3) is 0 Å². The van der Waals surface area contributed by atoms with Crippen molar-refractivity contribution >= 4 is 11.8 Å². The van der Waals surface area contributed by atoms with Crippen molar-refractivity contribution in [2.24, 2.45) is 17.3 Å². The van der Waals surface area contributed by atoms with E-state index < -0.39 is 17.1 Å². The summed E-state index contributed by atoms with van der Waals surface area (Å²) in [5.41, 5.74) is 0.518. The van der Waals surface area contributed by atoms with E-state index in [1.165, 1.54) is 6.92 Å². The molecule has 1 N–H and O–H groups in total. The highest BCUT2D eigenvalue weighted by molar-refractivity contribution is 5.95. The number of hydrogen-bond donors (Lipinski definition) is 1. The van der Waals surface area contributed by atoms with Crippen LogP contribution in [0.3, 0.4) is 0 Å². The van der Waals surface area contributed by atoms with Crippen LogP contribution in [0.1, 0.15) is 73.6 Å². The molecule has 146 valence electrons. The molecular weight excluding hydrogens is 328 g/mol. The van der Waals surface area contributed by atoms with Crippen molar-refractivity contribution in [2.75, 3.05) is 0 Å². The molecule has 2 rings (SSSR count). The molecule has 0 unspecified atom stereocenters. The Balaban J connectivity index is 2.57. The summed E-state index contributed by atoms with van der Waals surface area (Å²) in [5, 5.41) is 11.5. The average Bonchev–Trinajstić information content (AvgIpc) is 2.80. The second-order valence-electron chi connectivity index (χ2n) is 8.80. The van der Waals surface area contributed by atoms with Crippen LogP contribution in [0.15, 0.2) is 23.3 Å². The second-order valence-corrected chi connectivity index (χ2v) is 8.80. The number of carbonyl (C=O) groups excluding carboxylic acids is 2. The Morgan fingerprint density at radius 1 is 1.31 bits per heavy atom. The third-order valence-corrected chi connectivity index (χ3v) is 6.66. The summed E-state index contributed by atoms with van der Waals surface area (Å²) in [6, 6.07) is 0. The monoisotopic (exact) mass is 362 g/mol. The lowest BCUT2D eigenvalue weighted by atomic mass is 9.66. The van der Waals surface area contributed by atoms with Crippen molar-refractivity contribution in [3.05, 3.63) is 23.3 Å². The number of carbonyl (C=O) groups is 2. The standard InChI is InChI=1S/C22H34O4/c1-14(2)22(25)11-10-21(6)19(22)13-18(24)16(4)9-7-8-15(3)12-20(21)26-17(5)23/h9,12,14,19-20,25H,7-8,10-11,13H2,1-6H3/b15-12+,16-9+/t19-,20+,21+,22-/m1/s1. The minimum Gasteiger partial charge on any atom is -0.458 e. The van der Waals surface area contributed by atoms with E-state index in [4.69, 9.17) is 4.74 Å². The van der Waals surface area contributed by atoms with E-state index in [-0.39, 0.29) is 30.0 Å². The van der Waals surface area contributed by atoms with Crippen molar-refractivity contribution in [3.8, 4) is 0 Å². The zero-order chi connectivity index (χ0) is 19.7. The molecule has 0 heterocycles. The Kier molecular flexibility index (Phi) is 6.17. The molecule has 1 fully saturated rings. The van der Waals surface area contributed by atoms with Crippen molar-refractivity contribution in [2.45, 2.75) is 85.4 Å². The van der Waals surface area contributed by atoms with Gasteiger partial charge in [-0.2, -0.15) is 0 Å². The molecule has 0 saturated heterocycles. The van der Waals surface area contributed by atoms with E-state index in [0.717, 1.165) is 30.4 Å². The fourth-order valence-corrected chi connectivity index (χ4v) is 4.69. The fourth-order valence-electron chi connectivity index (χ4n) is 4.69. The Morgan fingerprint density at radius 2 is 1.96 bits per heavy atom. The minimum atomic E-state index is -0.932. The number of ketones is 1. The molecule has 0 amide bonds. The van der Waals surface area contributed by atoms with E-state index in [9.17, 15) is 14.7 Å². The number of Topliss-reactive ketones (excluding diaryl/α,β-unsaturated/α-hetero) is 1. The normalized spacial score (nSPS) is 40.1. The van der Waals surface area contributed by atoms with Gasteiger partial charge in [-0.15, -0.1) is 0 Å². The SMILES string of the molecule is CC(=O)O[C@H]1/C=C(\C)CC/C=C(\C)C(=O)C[C@@H]2[C@]1(C)CC[C@@]2(O)C(C)C. The van der Waals surface area contributed by atoms with Gasteiger partial charge >= 0.3 is 5.97 Å². The molecule has 0 spiro atoms. The third kappa shape index (κ3) is 3.95. The van der Waals surface area contributed by atoms with Crippen LogP contribution in [0, 0.1) is 17.3 Å². The first-order valence-electron chi connectivity index (χ1n) is 9.77. The van der Waals surface area contributed by atoms with Gasteiger partial charge in [0.2, 0.25) is 0 Å². The Bertz CT molecular complexity index is 630. The molecule has 0 aromatic carbocycles. The molecule has 2 aliphatic carbocycles. The lowest BCUT2D eigenvalue weighted by Gasteiger charge is -2.43. The Labute approximate surface area is 157 Å². The molecule has 0 radical (unpaired) electrons. The topological polar surface area (TPSA) is 63.6 Å². The maximum absolute atomic E-state index is 12.8. The predicted octanol–water partition coefficient (Wildman–Crippen LogP) is 4.37. The van der Waals surface area contributed by atoms with Crippen LogP contribution in [0.4, 0.5) is 0 Å². The first-order valence-corrected chi connectivity index (χ1v) is 9.77. The quantitative estimate of drug-likeness (QED) is 0.585. The first kappa shape index (κ1) is 20.9. The molecule has 4 heteroatoms. The van der Waals surface area contributed by atoms with E-state index in [0.29, 0.717) is 6.42 Å². The van der Waals surface area contributed by atoms with Crippen molar-refractivity contribution < 1.29 is 19.4 Å². The van der Waals surface area contributed by atoms with Crippen LogP contribution in [-0.2, 0) is 14.3 Å². The van der Waals surface area contributed by atoms with Gasteiger partial charge in [0, 0.05) is 24.7 Å². The van der Waals surface area contributed by atoms with Gasteiger partial charge in [-0.05, 0) is 57.1 Å². The molecular formula is C22H34O4. The van der Waals surface area contributed by atoms with Gasteiger partial charge < -0.3 is 9.84 Å². The smallest absolute Gasteiger partial charge is 0.303 e. The average molecular weight is 363 g/mol. The number of allylic oxidation sites excluding steroid dienone is 3. The van der Waals surface area contributed by atoms with Crippen LogP contribution >= 0.6 is 0 Å². The van der Waals surface area contributed by atoms with Crippen LogP contribution in [0.2, 0.25) is 0 Å². The van der Waals surface area contributed by atoms with Crippen LogP contribution in [0.25, 0.3) is 0 Å². The highest BCUT2D eigenvalue weighted by atomic mass is 16.5. The number of esters is 1. The van der Waals surface area contributed by atoms with Crippen molar-refractivity contribution in [3.63, 3.8) is 0 Å². The maximum Gasteiger partial charge on any atom is 0.303 e. The number of aliphatic hydroxyl groups is 1. The summed E-state index contributed by atoms with van der Waals surface area (Å²) in [6.45, 7) is 11.4. The van der Waals surface area contributed by atoms with Crippen LogP contribution in [0.5, 0.6) is 0 Å². The molecule has 4 nitrogen and oxygen atoms in total. The van der Waals surface area contributed by atoms with Crippen LogP contribution in [-0.4, -0.2) is 28.6 Å². The van der Waals surface area contributed by atoms with Crippen molar-refractivity contribution in [1.82, 2.24) is 0 Å². The Morgan fingerprint density at radius 3 is 2.54 bits per heavy atom. The molecule has 0 bridgehead atoms. The molecule has 0 aromatic rings. The fraction of sp³-hybridized carbons (Fsp3) is 0.727. The van der Waals surface area contributed by atoms with Gasteiger partial charge in [0.1, 0.15) is 6.10 Å². The van der Waals surface area contributed by atoms with Crippen molar-refractivity contribution in [1.29, 1.82) is 0 Å². The van der Waals surface area contributed by atoms with Gasteiger partial charge in [-0.25, -0.2) is 0 Å². The number of hydrogen-bond acceptors (Lipinski definition) is 4. The summed E-state index contributed by atoms with van der Waals surface area (Å²) in [7, 11) is 0. The van der Waals surface area contributed by atoms with Crippen LogP contribution < -0.4 is 0 Å². The van der Waals surface area contributed by atoms with E-state index in [1.54, 1.807) is 0 Å². The van der Waals surface area contributed by atoms with E-state index in [1.807, 2.05) is 39.8 Å². The first-order chi connectivity index (χ1) is 12.0. The van der Waals surface area contributed by atoms with Gasteiger partial charge in [0.15, 0.2) is 5.78 Å².